The first-order valence-electron chi connectivity index (χ1n) is 9.45. The van der Waals surface area contributed by atoms with Crippen molar-refractivity contribution < 1.29 is 4.79 Å². The number of amides is 1. The zero-order chi connectivity index (χ0) is 19.7. The highest BCUT2D eigenvalue weighted by Crippen LogP contribution is 2.33. The van der Waals surface area contributed by atoms with E-state index in [2.05, 4.69) is 35.8 Å². The number of nitrogens with zero attached hydrogens (tertiary/aromatic N) is 2. The number of carbonyl (C=O) groups is 1. The van der Waals surface area contributed by atoms with Crippen LogP contribution in [0.25, 0.3) is 21.8 Å². The van der Waals surface area contributed by atoms with E-state index in [4.69, 9.17) is 5.73 Å². The van der Waals surface area contributed by atoms with Crippen LogP contribution in [-0.4, -0.2) is 10.5 Å². The molecule has 0 spiro atoms. The van der Waals surface area contributed by atoms with Crippen molar-refractivity contribution in [3.05, 3.63) is 82.9 Å². The van der Waals surface area contributed by atoms with Gasteiger partial charge in [-0.1, -0.05) is 49.7 Å². The molecule has 0 bridgehead atoms. The monoisotopic (exact) mass is 367 g/mol. The molecule has 4 heteroatoms. The number of hydrogen-bond donors (Lipinski definition) is 1. The molecule has 1 aromatic heterocycles. The molecular formula is C24H21N3O. The Morgan fingerprint density at radius 1 is 1.07 bits per heavy atom. The van der Waals surface area contributed by atoms with Crippen molar-refractivity contribution in [3.63, 3.8) is 0 Å². The third-order valence-electron chi connectivity index (χ3n) is 5.23. The maximum absolute atomic E-state index is 12.1. The summed E-state index contributed by atoms with van der Waals surface area (Å²) in [5.74, 6) is -0.431. The lowest BCUT2D eigenvalue weighted by molar-refractivity contribution is 0.100. The molecule has 0 unspecified atom stereocenters. The van der Waals surface area contributed by atoms with E-state index in [1.807, 2.05) is 36.4 Å². The highest BCUT2D eigenvalue weighted by molar-refractivity contribution is 6.18. The van der Waals surface area contributed by atoms with Crippen LogP contribution < -0.4 is 5.73 Å². The first-order chi connectivity index (χ1) is 13.6. The van der Waals surface area contributed by atoms with Gasteiger partial charge in [0.1, 0.15) is 0 Å². The zero-order valence-corrected chi connectivity index (χ0v) is 15.8. The van der Waals surface area contributed by atoms with E-state index in [1.165, 1.54) is 5.56 Å². The summed E-state index contributed by atoms with van der Waals surface area (Å²) in [6.07, 6.45) is 2.06. The van der Waals surface area contributed by atoms with Crippen molar-refractivity contribution in [2.75, 3.05) is 0 Å². The number of rotatable bonds is 5. The Labute approximate surface area is 163 Å². The molecule has 0 fully saturated rings. The maximum atomic E-state index is 12.1. The lowest BCUT2D eigenvalue weighted by Gasteiger charge is -2.10. The summed E-state index contributed by atoms with van der Waals surface area (Å²) >= 11 is 0. The van der Waals surface area contributed by atoms with Gasteiger partial charge in [-0.3, -0.25) is 4.79 Å². The van der Waals surface area contributed by atoms with Crippen molar-refractivity contribution in [2.24, 2.45) is 5.73 Å². The zero-order valence-electron chi connectivity index (χ0n) is 15.8. The van der Waals surface area contributed by atoms with Crippen LogP contribution in [0.3, 0.4) is 0 Å². The van der Waals surface area contributed by atoms with Gasteiger partial charge in [-0.15, -0.1) is 0 Å². The summed E-state index contributed by atoms with van der Waals surface area (Å²) in [5, 5.41) is 11.4. The minimum atomic E-state index is -0.431. The molecule has 138 valence electrons. The molecule has 0 aliphatic heterocycles. The predicted octanol–water partition coefficient (Wildman–Crippen LogP) is 4.77. The molecule has 2 N–H and O–H groups in total. The Hall–Kier alpha value is -3.58. The summed E-state index contributed by atoms with van der Waals surface area (Å²) in [7, 11) is 0. The maximum Gasteiger partial charge on any atom is 0.249 e. The van der Waals surface area contributed by atoms with Crippen molar-refractivity contribution in [1.29, 1.82) is 5.26 Å². The number of aryl methyl sites for hydroxylation is 1. The Kier molecular flexibility index (Phi) is 4.58. The van der Waals surface area contributed by atoms with Crippen molar-refractivity contribution >= 4 is 27.7 Å². The number of aromatic nitrogens is 1. The number of fused-ring (bicyclic) bond motifs is 3. The lowest BCUT2D eigenvalue weighted by Crippen LogP contribution is -2.11. The first kappa shape index (κ1) is 17.8. The molecule has 0 aliphatic rings. The number of hydrogen-bond acceptors (Lipinski definition) is 2. The first-order valence-corrected chi connectivity index (χ1v) is 9.45. The molecule has 0 aliphatic carbocycles. The fourth-order valence-corrected chi connectivity index (χ4v) is 3.95. The van der Waals surface area contributed by atoms with E-state index in [9.17, 15) is 10.1 Å². The van der Waals surface area contributed by atoms with Gasteiger partial charge in [-0.25, -0.2) is 0 Å². The molecular weight excluding hydrogens is 346 g/mol. The average Bonchev–Trinajstić information content (AvgIpc) is 3.02. The second-order valence-corrected chi connectivity index (χ2v) is 7.02. The third-order valence-corrected chi connectivity index (χ3v) is 5.23. The molecule has 4 nitrogen and oxygen atoms in total. The molecule has 4 aromatic rings. The van der Waals surface area contributed by atoms with E-state index in [1.54, 1.807) is 6.07 Å². The van der Waals surface area contributed by atoms with Crippen LogP contribution in [0.5, 0.6) is 0 Å². The average molecular weight is 367 g/mol. The van der Waals surface area contributed by atoms with Gasteiger partial charge in [-0.05, 0) is 41.8 Å². The fraction of sp³-hybridized carbons (Fsp3) is 0.167. The molecule has 1 heterocycles. The molecule has 0 radical (unpaired) electrons. The van der Waals surface area contributed by atoms with Crippen LogP contribution in [0.2, 0.25) is 0 Å². The summed E-state index contributed by atoms with van der Waals surface area (Å²) in [6, 6.07) is 22.0. The third kappa shape index (κ3) is 2.91. The van der Waals surface area contributed by atoms with Crippen LogP contribution in [0.4, 0.5) is 0 Å². The summed E-state index contributed by atoms with van der Waals surface area (Å²) < 4.78 is 2.19. The van der Waals surface area contributed by atoms with Crippen molar-refractivity contribution in [1.82, 2.24) is 4.57 Å². The Morgan fingerprint density at radius 3 is 2.64 bits per heavy atom. The van der Waals surface area contributed by atoms with Gasteiger partial charge in [0, 0.05) is 28.4 Å². The molecule has 0 atom stereocenters. The largest absolute Gasteiger partial charge is 0.366 e. The van der Waals surface area contributed by atoms with E-state index >= 15 is 0 Å². The molecule has 28 heavy (non-hydrogen) atoms. The molecule has 1 amide bonds. The quantitative estimate of drug-likeness (QED) is 0.552. The van der Waals surface area contributed by atoms with Gasteiger partial charge >= 0.3 is 0 Å². The normalized spacial score (nSPS) is 11.0. The molecule has 3 aromatic carbocycles. The standard InChI is InChI=1S/C24H21N3O/c1-2-6-16-11-12-19-22(13-16)27(15-18-8-4-3-7-17(18)14-25)21-10-5-9-20(23(19)21)24(26)28/h3-5,7-13H,2,6,15H2,1H3,(H2,26,28). The van der Waals surface area contributed by atoms with Crippen LogP contribution in [0.15, 0.2) is 60.7 Å². The number of carbonyl (C=O) groups excluding carboxylic acids is 1. The van der Waals surface area contributed by atoms with Gasteiger partial charge in [0.15, 0.2) is 0 Å². The summed E-state index contributed by atoms with van der Waals surface area (Å²) in [6.45, 7) is 2.72. The van der Waals surface area contributed by atoms with Gasteiger partial charge in [0.05, 0.1) is 17.1 Å². The molecule has 0 saturated heterocycles. The van der Waals surface area contributed by atoms with Crippen LogP contribution in [-0.2, 0) is 13.0 Å². The van der Waals surface area contributed by atoms with E-state index in [0.717, 1.165) is 40.2 Å². The minimum absolute atomic E-state index is 0.431. The number of benzene rings is 3. The van der Waals surface area contributed by atoms with E-state index in [-0.39, 0.29) is 0 Å². The molecule has 4 rings (SSSR count). The van der Waals surface area contributed by atoms with Gasteiger partial charge in [0.25, 0.3) is 0 Å². The smallest absolute Gasteiger partial charge is 0.249 e. The Morgan fingerprint density at radius 2 is 1.89 bits per heavy atom. The Balaban J connectivity index is 2.04. The predicted molar refractivity (Wildman–Crippen MR) is 112 cm³/mol. The topological polar surface area (TPSA) is 71.8 Å². The number of nitriles is 1. The SMILES string of the molecule is CCCc1ccc2c3c(C(N)=O)cccc3n(Cc3ccccc3C#N)c2c1. The van der Waals surface area contributed by atoms with Crippen LogP contribution >= 0.6 is 0 Å². The van der Waals surface area contributed by atoms with Crippen molar-refractivity contribution in [2.45, 2.75) is 26.3 Å². The van der Waals surface area contributed by atoms with Gasteiger partial charge < -0.3 is 10.3 Å². The van der Waals surface area contributed by atoms with Crippen molar-refractivity contribution in [3.8, 4) is 6.07 Å². The summed E-state index contributed by atoms with van der Waals surface area (Å²) in [4.78, 5) is 12.1. The van der Waals surface area contributed by atoms with Gasteiger partial charge in [-0.2, -0.15) is 5.26 Å². The highest BCUT2D eigenvalue weighted by atomic mass is 16.1. The lowest BCUT2D eigenvalue weighted by atomic mass is 10.0. The van der Waals surface area contributed by atoms with Gasteiger partial charge in [0.2, 0.25) is 5.91 Å². The summed E-state index contributed by atoms with van der Waals surface area (Å²) in [5.41, 5.74) is 11.1. The second kappa shape index (κ2) is 7.21. The van der Waals surface area contributed by atoms with E-state index < -0.39 is 5.91 Å². The Bertz CT molecular complexity index is 1240. The van der Waals surface area contributed by atoms with Crippen LogP contribution in [0.1, 0.15) is 40.4 Å². The molecule has 0 saturated carbocycles. The number of nitrogens with two attached hydrogens (primary N) is 1. The fourth-order valence-electron chi connectivity index (χ4n) is 3.95. The number of primary amides is 1. The second-order valence-electron chi connectivity index (χ2n) is 7.02. The van der Waals surface area contributed by atoms with Crippen LogP contribution in [0, 0.1) is 11.3 Å². The van der Waals surface area contributed by atoms with E-state index in [0.29, 0.717) is 17.7 Å². The minimum Gasteiger partial charge on any atom is -0.366 e. The highest BCUT2D eigenvalue weighted by Gasteiger charge is 2.17.